The van der Waals surface area contributed by atoms with Gasteiger partial charge in [-0.1, -0.05) is 31.4 Å². The Balaban J connectivity index is 1.84. The Labute approximate surface area is 115 Å². The SMILES string of the molecule is COc1ccc(CC2(O)CC2)cc1C1CCCCC1. The monoisotopic (exact) mass is 260 g/mol. The second kappa shape index (κ2) is 5.16. The average molecular weight is 260 g/mol. The molecule has 0 heterocycles. The summed E-state index contributed by atoms with van der Waals surface area (Å²) >= 11 is 0. The molecule has 0 unspecified atom stereocenters. The van der Waals surface area contributed by atoms with Gasteiger partial charge in [0.05, 0.1) is 12.7 Å². The first kappa shape index (κ1) is 13.0. The quantitative estimate of drug-likeness (QED) is 0.892. The molecule has 0 aromatic heterocycles. The summed E-state index contributed by atoms with van der Waals surface area (Å²) in [5.74, 6) is 1.68. The summed E-state index contributed by atoms with van der Waals surface area (Å²) in [6, 6.07) is 6.48. The summed E-state index contributed by atoms with van der Waals surface area (Å²) in [5.41, 5.74) is 2.23. The van der Waals surface area contributed by atoms with Gasteiger partial charge in [-0.05, 0) is 48.8 Å². The number of methoxy groups -OCH3 is 1. The van der Waals surface area contributed by atoms with Crippen LogP contribution in [0.5, 0.6) is 5.75 Å². The predicted molar refractivity (Wildman–Crippen MR) is 76.7 cm³/mol. The van der Waals surface area contributed by atoms with Crippen LogP contribution in [0, 0.1) is 0 Å². The van der Waals surface area contributed by atoms with Crippen molar-refractivity contribution in [3.8, 4) is 5.75 Å². The number of benzene rings is 1. The van der Waals surface area contributed by atoms with Crippen LogP contribution in [0.25, 0.3) is 0 Å². The molecule has 3 rings (SSSR count). The van der Waals surface area contributed by atoms with Crippen molar-refractivity contribution in [1.29, 1.82) is 0 Å². The highest BCUT2D eigenvalue weighted by molar-refractivity contribution is 5.40. The minimum Gasteiger partial charge on any atom is -0.496 e. The normalized spacial score (nSPS) is 22.2. The van der Waals surface area contributed by atoms with Crippen LogP contribution in [0.1, 0.15) is 62.0 Å². The topological polar surface area (TPSA) is 29.5 Å². The molecule has 0 spiro atoms. The van der Waals surface area contributed by atoms with Gasteiger partial charge in [0.1, 0.15) is 5.75 Å². The molecular weight excluding hydrogens is 236 g/mol. The van der Waals surface area contributed by atoms with E-state index in [0.29, 0.717) is 5.92 Å². The molecule has 1 N–H and O–H groups in total. The van der Waals surface area contributed by atoms with Crippen molar-refractivity contribution >= 4 is 0 Å². The molecule has 0 radical (unpaired) electrons. The first-order chi connectivity index (χ1) is 9.20. The van der Waals surface area contributed by atoms with Gasteiger partial charge in [-0.2, -0.15) is 0 Å². The molecule has 2 fully saturated rings. The van der Waals surface area contributed by atoms with Gasteiger partial charge in [0, 0.05) is 6.42 Å². The van der Waals surface area contributed by atoms with E-state index in [1.807, 2.05) is 0 Å². The summed E-state index contributed by atoms with van der Waals surface area (Å²) < 4.78 is 5.54. The Morgan fingerprint density at radius 3 is 2.58 bits per heavy atom. The summed E-state index contributed by atoms with van der Waals surface area (Å²) in [6.07, 6.45) is 9.32. The van der Waals surface area contributed by atoms with Crippen molar-refractivity contribution in [1.82, 2.24) is 0 Å². The lowest BCUT2D eigenvalue weighted by atomic mass is 9.83. The van der Waals surface area contributed by atoms with Crippen molar-refractivity contribution in [3.05, 3.63) is 29.3 Å². The molecule has 1 aromatic rings. The van der Waals surface area contributed by atoms with Crippen LogP contribution in [0.2, 0.25) is 0 Å². The Hall–Kier alpha value is -1.02. The highest BCUT2D eigenvalue weighted by Gasteiger charge is 2.40. The van der Waals surface area contributed by atoms with E-state index in [1.165, 1.54) is 43.2 Å². The molecule has 0 aliphatic heterocycles. The zero-order valence-corrected chi connectivity index (χ0v) is 11.8. The van der Waals surface area contributed by atoms with Crippen molar-refractivity contribution in [3.63, 3.8) is 0 Å². The summed E-state index contributed by atoms with van der Waals surface area (Å²) in [5, 5.41) is 10.1. The first-order valence-corrected chi connectivity index (χ1v) is 7.59. The number of rotatable bonds is 4. The van der Waals surface area contributed by atoms with Gasteiger partial charge in [0.2, 0.25) is 0 Å². The fourth-order valence-electron chi connectivity index (χ4n) is 3.33. The van der Waals surface area contributed by atoms with Crippen LogP contribution in [-0.4, -0.2) is 17.8 Å². The van der Waals surface area contributed by atoms with Gasteiger partial charge in [-0.3, -0.25) is 0 Å². The van der Waals surface area contributed by atoms with Gasteiger partial charge in [-0.15, -0.1) is 0 Å². The zero-order chi connectivity index (χ0) is 13.3. The highest BCUT2D eigenvalue weighted by Crippen LogP contribution is 2.41. The lowest BCUT2D eigenvalue weighted by molar-refractivity contribution is 0.151. The van der Waals surface area contributed by atoms with E-state index in [1.54, 1.807) is 7.11 Å². The minimum atomic E-state index is -0.404. The molecule has 2 nitrogen and oxygen atoms in total. The van der Waals surface area contributed by atoms with Crippen LogP contribution in [0.3, 0.4) is 0 Å². The summed E-state index contributed by atoms with van der Waals surface area (Å²) in [7, 11) is 1.76. The van der Waals surface area contributed by atoms with Gasteiger partial charge in [0.25, 0.3) is 0 Å². The van der Waals surface area contributed by atoms with Gasteiger partial charge in [0.15, 0.2) is 0 Å². The molecule has 2 aliphatic rings. The largest absolute Gasteiger partial charge is 0.496 e. The molecule has 104 valence electrons. The Bertz CT molecular complexity index is 443. The highest BCUT2D eigenvalue weighted by atomic mass is 16.5. The number of hydrogen-bond donors (Lipinski definition) is 1. The van der Waals surface area contributed by atoms with Crippen molar-refractivity contribution in [2.75, 3.05) is 7.11 Å². The molecule has 19 heavy (non-hydrogen) atoms. The third kappa shape index (κ3) is 2.94. The number of aliphatic hydroxyl groups is 1. The third-order valence-electron chi connectivity index (χ3n) is 4.70. The molecule has 2 saturated carbocycles. The van der Waals surface area contributed by atoms with E-state index < -0.39 is 5.60 Å². The number of ether oxygens (including phenoxy) is 1. The van der Waals surface area contributed by atoms with E-state index in [-0.39, 0.29) is 0 Å². The average Bonchev–Trinajstić information content (AvgIpc) is 3.17. The molecule has 2 heteroatoms. The van der Waals surface area contributed by atoms with Gasteiger partial charge in [-0.25, -0.2) is 0 Å². The zero-order valence-electron chi connectivity index (χ0n) is 11.8. The third-order valence-corrected chi connectivity index (χ3v) is 4.70. The van der Waals surface area contributed by atoms with Crippen molar-refractivity contribution < 1.29 is 9.84 Å². The van der Waals surface area contributed by atoms with E-state index in [0.717, 1.165) is 25.0 Å². The molecule has 2 aliphatic carbocycles. The Morgan fingerprint density at radius 2 is 1.95 bits per heavy atom. The molecule has 0 bridgehead atoms. The summed E-state index contributed by atoms with van der Waals surface area (Å²) in [4.78, 5) is 0. The lowest BCUT2D eigenvalue weighted by Crippen LogP contribution is -2.12. The smallest absolute Gasteiger partial charge is 0.122 e. The van der Waals surface area contributed by atoms with Crippen LogP contribution < -0.4 is 4.74 Å². The van der Waals surface area contributed by atoms with E-state index in [4.69, 9.17) is 4.74 Å². The van der Waals surface area contributed by atoms with Gasteiger partial charge >= 0.3 is 0 Å². The van der Waals surface area contributed by atoms with Crippen LogP contribution in [0.4, 0.5) is 0 Å². The maximum absolute atomic E-state index is 10.1. The van der Waals surface area contributed by atoms with Crippen LogP contribution in [0.15, 0.2) is 18.2 Å². The van der Waals surface area contributed by atoms with Crippen LogP contribution >= 0.6 is 0 Å². The Morgan fingerprint density at radius 1 is 1.21 bits per heavy atom. The van der Waals surface area contributed by atoms with Gasteiger partial charge < -0.3 is 9.84 Å². The molecular formula is C17H24O2. The second-order valence-electron chi connectivity index (χ2n) is 6.31. The lowest BCUT2D eigenvalue weighted by Gasteiger charge is -2.24. The van der Waals surface area contributed by atoms with E-state index in [2.05, 4.69) is 18.2 Å². The maximum atomic E-state index is 10.1. The minimum absolute atomic E-state index is 0.404. The van der Waals surface area contributed by atoms with Crippen molar-refractivity contribution in [2.24, 2.45) is 0 Å². The first-order valence-electron chi connectivity index (χ1n) is 7.59. The fraction of sp³-hybridized carbons (Fsp3) is 0.647. The molecule has 1 aromatic carbocycles. The van der Waals surface area contributed by atoms with Crippen molar-refractivity contribution in [2.45, 2.75) is 62.9 Å². The molecule has 0 amide bonds. The van der Waals surface area contributed by atoms with E-state index >= 15 is 0 Å². The maximum Gasteiger partial charge on any atom is 0.122 e. The Kier molecular flexibility index (Phi) is 3.53. The summed E-state index contributed by atoms with van der Waals surface area (Å²) in [6.45, 7) is 0. The van der Waals surface area contributed by atoms with E-state index in [9.17, 15) is 5.11 Å². The molecule has 0 saturated heterocycles. The second-order valence-corrected chi connectivity index (χ2v) is 6.31. The van der Waals surface area contributed by atoms with Crippen LogP contribution in [-0.2, 0) is 6.42 Å². The number of hydrogen-bond acceptors (Lipinski definition) is 2. The fourth-order valence-corrected chi connectivity index (χ4v) is 3.33. The molecule has 0 atom stereocenters. The standard InChI is InChI=1S/C17H24O2/c1-19-16-8-7-13(12-17(18)9-10-17)11-15(16)14-5-3-2-4-6-14/h7-8,11,14,18H,2-6,9-10,12H2,1H3. The predicted octanol–water partition coefficient (Wildman–Crippen LogP) is 3.81.